The van der Waals surface area contributed by atoms with Gasteiger partial charge in [0.25, 0.3) is 0 Å². The van der Waals surface area contributed by atoms with Gasteiger partial charge in [-0.2, -0.15) is 8.61 Å². The highest BCUT2D eigenvalue weighted by atomic mass is 35.5. The molecular formula is C44H50Cl4N6O4S4. The molecule has 0 bridgehead atoms. The molecule has 4 aliphatic rings. The molecule has 0 N–H and O–H groups in total. The van der Waals surface area contributed by atoms with Crippen molar-refractivity contribution >= 4 is 99.4 Å². The minimum absolute atomic E-state index is 0.404. The van der Waals surface area contributed by atoms with Crippen molar-refractivity contribution in [3.8, 4) is 0 Å². The molecule has 4 aromatic rings. The Labute approximate surface area is 394 Å². The van der Waals surface area contributed by atoms with E-state index in [1.807, 2.05) is 17.5 Å². The van der Waals surface area contributed by atoms with Crippen molar-refractivity contribution < 1.29 is 16.8 Å². The fourth-order valence-corrected chi connectivity index (χ4v) is 14.9. The van der Waals surface area contributed by atoms with E-state index < -0.39 is 40.3 Å². The number of benzene rings is 2. The van der Waals surface area contributed by atoms with Gasteiger partial charge in [-0.1, -0.05) is 102 Å². The molecule has 4 atom stereocenters. The highest BCUT2D eigenvalue weighted by Gasteiger charge is 2.44. The molecule has 2 aromatic carbocycles. The highest BCUT2D eigenvalue weighted by molar-refractivity contribution is 7.90. The lowest BCUT2D eigenvalue weighted by Crippen LogP contribution is -2.54. The van der Waals surface area contributed by atoms with Gasteiger partial charge in [-0.05, 0) is 56.5 Å². The van der Waals surface area contributed by atoms with Crippen molar-refractivity contribution in [2.75, 3.05) is 62.2 Å². The normalized spacial score (nSPS) is 24.6. The van der Waals surface area contributed by atoms with Crippen LogP contribution in [0.25, 0.3) is 0 Å². The summed E-state index contributed by atoms with van der Waals surface area (Å²) >= 11 is 28.4. The molecule has 2 aliphatic carbocycles. The monoisotopic (exact) mass is 994 g/mol. The number of rotatable bonds is 10. The number of anilines is 2. The number of aryl methyl sites for hydroxylation is 2. The Kier molecular flexibility index (Phi) is 14.8. The van der Waals surface area contributed by atoms with E-state index in [1.165, 1.54) is 16.7 Å². The number of hydrogen-bond donors (Lipinski definition) is 0. The maximum Gasteiger partial charge on any atom is 0.222 e. The van der Waals surface area contributed by atoms with Crippen LogP contribution in [0.3, 0.4) is 0 Å². The molecule has 4 unspecified atom stereocenters. The molecule has 2 aromatic heterocycles. The summed E-state index contributed by atoms with van der Waals surface area (Å²) in [5.74, 6) is 0. The van der Waals surface area contributed by atoms with Gasteiger partial charge in [-0.25, -0.2) is 26.8 Å². The molecule has 2 aliphatic heterocycles. The lowest BCUT2D eigenvalue weighted by atomic mass is 10.0. The van der Waals surface area contributed by atoms with Crippen LogP contribution < -0.4 is 9.80 Å². The second kappa shape index (κ2) is 19.4. The average molecular weight is 997 g/mol. The molecule has 18 heteroatoms. The molecule has 0 saturated carbocycles. The van der Waals surface area contributed by atoms with Crippen LogP contribution in [0.2, 0.25) is 10.0 Å². The molecule has 2 saturated heterocycles. The van der Waals surface area contributed by atoms with Crippen LogP contribution in [0.4, 0.5) is 10.3 Å². The van der Waals surface area contributed by atoms with Gasteiger partial charge >= 0.3 is 0 Å². The first-order valence-corrected chi connectivity index (χ1v) is 26.6. The Hall–Kier alpha value is -2.76. The van der Waals surface area contributed by atoms with Crippen molar-refractivity contribution in [3.63, 3.8) is 0 Å². The van der Waals surface area contributed by atoms with Crippen LogP contribution in [0, 0.1) is 13.8 Å². The summed E-state index contributed by atoms with van der Waals surface area (Å²) in [5.41, 5.74) is 6.78. The number of thiazole rings is 2. The van der Waals surface area contributed by atoms with E-state index in [0.717, 1.165) is 33.6 Å². The Morgan fingerprint density at radius 2 is 1.11 bits per heavy atom. The molecule has 10 nitrogen and oxygen atoms in total. The molecule has 0 amide bonds. The summed E-state index contributed by atoms with van der Waals surface area (Å²) in [6.45, 7) is 11.8. The molecule has 4 heterocycles. The average Bonchev–Trinajstić information content (AvgIpc) is 3.90. The molecule has 0 spiro atoms. The summed E-state index contributed by atoms with van der Waals surface area (Å²) in [6, 6.07) is 12.0. The van der Waals surface area contributed by atoms with Crippen LogP contribution in [-0.2, 0) is 32.9 Å². The SMILES string of the molecule is CC1(Cl)C=CC=CC1S(=O)(=O)N1CCN(c2nc(Cc3ccc(Cl)cc3Cl)cs2)CC1.Cc1ccc(C)c(Cc2csc(N3CCN(S(=O)(=O)C4C=CC=CC4(C)Cl)CC3)n2)c1. The van der Waals surface area contributed by atoms with Crippen LogP contribution >= 0.6 is 69.1 Å². The number of hydrogen-bond acceptors (Lipinski definition) is 10. The zero-order chi connectivity index (χ0) is 44.5. The van der Waals surface area contributed by atoms with Crippen molar-refractivity contribution in [2.45, 2.75) is 60.8 Å². The fourth-order valence-electron chi connectivity index (χ4n) is 7.84. The van der Waals surface area contributed by atoms with Gasteiger partial charge in [0.05, 0.1) is 21.1 Å². The zero-order valence-corrected chi connectivity index (χ0v) is 41.2. The first-order chi connectivity index (χ1) is 29.3. The second-order valence-corrected chi connectivity index (χ2v) is 24.5. The number of aromatic nitrogens is 2. The van der Waals surface area contributed by atoms with Crippen molar-refractivity contribution in [2.24, 2.45) is 0 Å². The number of allylic oxidation sites excluding steroid dienone is 6. The standard InChI is InChI=1S/C23H28ClN3O2S2.C21H22Cl3N3O2S2/c1-17-7-8-18(2)19(14-17)15-20-16-30-22(25-20)26-10-12-27(13-11-26)31(28,29)21-6-4-5-9-23(21,3)24;1-21(24)7-3-2-4-19(21)31(28,29)27-10-8-26(9-11-27)20-25-17(14-30-20)12-15-5-6-16(22)13-18(15)23/h4-9,14,16,21H,10-13,15H2,1-3H3;2-7,13-14,19H,8-12H2,1H3. The van der Waals surface area contributed by atoms with Crippen molar-refractivity contribution in [3.05, 3.63) is 139 Å². The Morgan fingerprint density at radius 3 is 1.56 bits per heavy atom. The third-order valence-corrected chi connectivity index (χ3v) is 19.7. The van der Waals surface area contributed by atoms with Crippen LogP contribution in [0.15, 0.2) is 95.8 Å². The summed E-state index contributed by atoms with van der Waals surface area (Å²) in [6.07, 6.45) is 15.4. The van der Waals surface area contributed by atoms with Gasteiger partial charge in [0.15, 0.2) is 10.3 Å². The number of sulfonamides is 2. The third-order valence-electron chi connectivity index (χ3n) is 11.5. The fraction of sp³-hybridized carbons (Fsp3) is 0.409. The second-order valence-electron chi connectivity index (χ2n) is 16.3. The number of halogens is 4. The first kappa shape index (κ1) is 47.2. The van der Waals surface area contributed by atoms with E-state index in [9.17, 15) is 16.8 Å². The minimum atomic E-state index is -3.55. The van der Waals surface area contributed by atoms with E-state index >= 15 is 0 Å². The topological polar surface area (TPSA) is 107 Å². The summed E-state index contributed by atoms with van der Waals surface area (Å²) < 4.78 is 55.8. The van der Waals surface area contributed by atoms with Crippen molar-refractivity contribution in [1.82, 2.24) is 18.6 Å². The number of piperazine rings is 2. The van der Waals surface area contributed by atoms with Crippen LogP contribution in [0.1, 0.15) is 47.5 Å². The summed E-state index contributed by atoms with van der Waals surface area (Å²) in [5, 5.41) is 5.68. The number of nitrogens with zero attached hydrogens (tertiary/aromatic N) is 6. The molecule has 62 heavy (non-hydrogen) atoms. The summed E-state index contributed by atoms with van der Waals surface area (Å²) in [7, 11) is -7.07. The molecule has 8 rings (SSSR count). The van der Waals surface area contributed by atoms with E-state index in [-0.39, 0.29) is 0 Å². The maximum atomic E-state index is 13.2. The van der Waals surface area contributed by atoms with Crippen LogP contribution in [-0.4, -0.2) is 108 Å². The smallest absolute Gasteiger partial charge is 0.222 e. The van der Waals surface area contributed by atoms with Gasteiger partial charge in [-0.3, -0.25) is 0 Å². The first-order valence-electron chi connectivity index (χ1n) is 20.3. The quantitative estimate of drug-likeness (QED) is 0.145. The maximum absolute atomic E-state index is 13.2. The molecule has 2 fully saturated rings. The Bertz CT molecular complexity index is 2590. The Balaban J connectivity index is 0.000000186. The van der Waals surface area contributed by atoms with Gasteiger partial charge in [0.1, 0.15) is 10.5 Å². The van der Waals surface area contributed by atoms with Gasteiger partial charge in [-0.15, -0.1) is 45.9 Å². The van der Waals surface area contributed by atoms with E-state index in [0.29, 0.717) is 68.8 Å². The zero-order valence-electron chi connectivity index (χ0n) is 34.9. The largest absolute Gasteiger partial charge is 0.345 e. The predicted molar refractivity (Wildman–Crippen MR) is 260 cm³/mol. The van der Waals surface area contributed by atoms with Gasteiger partial charge in [0.2, 0.25) is 20.0 Å². The molecule has 0 radical (unpaired) electrons. The highest BCUT2D eigenvalue weighted by Crippen LogP contribution is 2.35. The van der Waals surface area contributed by atoms with E-state index in [4.69, 9.17) is 56.4 Å². The van der Waals surface area contributed by atoms with Gasteiger partial charge < -0.3 is 9.80 Å². The minimum Gasteiger partial charge on any atom is -0.345 e. The Morgan fingerprint density at radius 1 is 0.645 bits per heavy atom. The van der Waals surface area contributed by atoms with Gasteiger partial charge in [0, 0.05) is 86.0 Å². The molecular weight excluding hydrogens is 947 g/mol. The molecule has 332 valence electrons. The third kappa shape index (κ3) is 10.8. The lowest BCUT2D eigenvalue weighted by Gasteiger charge is -2.38. The van der Waals surface area contributed by atoms with Crippen LogP contribution in [0.5, 0.6) is 0 Å². The van der Waals surface area contributed by atoms with E-state index in [1.54, 1.807) is 99.8 Å². The lowest BCUT2D eigenvalue weighted by molar-refractivity contribution is 0.378. The summed E-state index contributed by atoms with van der Waals surface area (Å²) in [4.78, 5) is 12.0. The van der Waals surface area contributed by atoms with E-state index in [2.05, 4.69) is 47.2 Å². The number of alkyl halides is 2. The predicted octanol–water partition coefficient (Wildman–Crippen LogP) is 9.28. The van der Waals surface area contributed by atoms with Crippen molar-refractivity contribution in [1.29, 1.82) is 0 Å².